The first-order valence-electron chi connectivity index (χ1n) is 6.96. The summed E-state index contributed by atoms with van der Waals surface area (Å²) in [5.41, 5.74) is 5.60. The Bertz CT molecular complexity index is 201. The van der Waals surface area contributed by atoms with Crippen LogP contribution in [0.3, 0.4) is 0 Å². The fourth-order valence-corrected chi connectivity index (χ4v) is 3.20. The number of likely N-dealkylation sites (tertiary alicyclic amines) is 2. The van der Waals surface area contributed by atoms with E-state index in [1.54, 1.807) is 0 Å². The fraction of sp³-hybridized carbons (Fsp3) is 1.00. The van der Waals surface area contributed by atoms with Gasteiger partial charge in [-0.3, -0.25) is 4.90 Å². The van der Waals surface area contributed by atoms with Gasteiger partial charge in [0.15, 0.2) is 0 Å². The topological polar surface area (TPSA) is 32.5 Å². The van der Waals surface area contributed by atoms with Crippen molar-refractivity contribution in [2.75, 3.05) is 39.3 Å². The molecule has 0 saturated carbocycles. The van der Waals surface area contributed by atoms with Gasteiger partial charge in [0.25, 0.3) is 0 Å². The molecule has 16 heavy (non-hydrogen) atoms. The summed E-state index contributed by atoms with van der Waals surface area (Å²) >= 11 is 0. The molecule has 3 nitrogen and oxygen atoms in total. The molecule has 0 radical (unpaired) electrons. The summed E-state index contributed by atoms with van der Waals surface area (Å²) in [5, 5.41) is 0. The van der Waals surface area contributed by atoms with Gasteiger partial charge in [0.2, 0.25) is 0 Å². The normalized spacial score (nSPS) is 30.0. The molecule has 2 fully saturated rings. The van der Waals surface area contributed by atoms with E-state index in [0.717, 1.165) is 18.5 Å². The summed E-state index contributed by atoms with van der Waals surface area (Å²) < 4.78 is 0. The van der Waals surface area contributed by atoms with E-state index < -0.39 is 0 Å². The Kier molecular flexibility index (Phi) is 4.62. The van der Waals surface area contributed by atoms with Crippen LogP contribution in [0.2, 0.25) is 0 Å². The van der Waals surface area contributed by atoms with E-state index >= 15 is 0 Å². The molecule has 0 aromatic heterocycles. The number of nitrogens with zero attached hydrogens (tertiary/aromatic N) is 2. The molecule has 0 aliphatic carbocycles. The lowest BCUT2D eigenvalue weighted by molar-refractivity contribution is 0.219. The predicted molar refractivity (Wildman–Crippen MR) is 68.5 cm³/mol. The average molecular weight is 225 g/mol. The third-order valence-electron chi connectivity index (χ3n) is 4.13. The Balaban J connectivity index is 1.70. The zero-order valence-electron chi connectivity index (χ0n) is 10.7. The van der Waals surface area contributed by atoms with Gasteiger partial charge in [-0.25, -0.2) is 0 Å². The molecule has 2 heterocycles. The molecular formula is C13H27N3. The van der Waals surface area contributed by atoms with Crippen molar-refractivity contribution in [1.82, 2.24) is 9.80 Å². The Morgan fingerprint density at radius 3 is 2.69 bits per heavy atom. The lowest BCUT2D eigenvalue weighted by Gasteiger charge is -2.25. The summed E-state index contributed by atoms with van der Waals surface area (Å²) in [4.78, 5) is 5.34. The van der Waals surface area contributed by atoms with Gasteiger partial charge in [-0.05, 0) is 57.8 Å². The summed E-state index contributed by atoms with van der Waals surface area (Å²) in [6, 6.07) is 0.854. The number of hydrogen-bond donors (Lipinski definition) is 1. The predicted octanol–water partition coefficient (Wildman–Crippen LogP) is 1.14. The van der Waals surface area contributed by atoms with Crippen LogP contribution in [0.5, 0.6) is 0 Å². The van der Waals surface area contributed by atoms with Crippen molar-refractivity contribution < 1.29 is 0 Å². The van der Waals surface area contributed by atoms with Crippen molar-refractivity contribution in [3.8, 4) is 0 Å². The quantitative estimate of drug-likeness (QED) is 0.761. The molecule has 2 N–H and O–H groups in total. The van der Waals surface area contributed by atoms with Crippen LogP contribution in [0.25, 0.3) is 0 Å². The van der Waals surface area contributed by atoms with Gasteiger partial charge in [0.1, 0.15) is 0 Å². The van der Waals surface area contributed by atoms with Crippen molar-refractivity contribution in [1.29, 1.82) is 0 Å². The van der Waals surface area contributed by atoms with Gasteiger partial charge in [0.05, 0.1) is 0 Å². The van der Waals surface area contributed by atoms with Gasteiger partial charge in [-0.2, -0.15) is 0 Å². The zero-order valence-corrected chi connectivity index (χ0v) is 10.7. The van der Waals surface area contributed by atoms with Crippen molar-refractivity contribution in [3.63, 3.8) is 0 Å². The molecule has 0 amide bonds. The van der Waals surface area contributed by atoms with Crippen LogP contribution in [0.4, 0.5) is 0 Å². The summed E-state index contributed by atoms with van der Waals surface area (Å²) in [6.45, 7) is 9.71. The Labute approximate surface area is 100.0 Å². The van der Waals surface area contributed by atoms with Crippen LogP contribution in [0, 0.1) is 5.92 Å². The smallest absolute Gasteiger partial charge is 0.0235 e. The Morgan fingerprint density at radius 1 is 1.25 bits per heavy atom. The maximum atomic E-state index is 5.60. The number of nitrogens with two attached hydrogens (primary N) is 1. The first-order valence-corrected chi connectivity index (χ1v) is 6.96. The van der Waals surface area contributed by atoms with Crippen LogP contribution in [0.15, 0.2) is 0 Å². The minimum atomic E-state index is 0.766. The maximum absolute atomic E-state index is 5.60. The minimum absolute atomic E-state index is 0.766. The second kappa shape index (κ2) is 5.99. The van der Waals surface area contributed by atoms with E-state index in [-0.39, 0.29) is 0 Å². The molecule has 2 aliphatic heterocycles. The van der Waals surface area contributed by atoms with Crippen molar-refractivity contribution >= 4 is 0 Å². The molecule has 0 bridgehead atoms. The molecular weight excluding hydrogens is 198 g/mol. The van der Waals surface area contributed by atoms with Crippen LogP contribution in [-0.2, 0) is 0 Å². The lowest BCUT2D eigenvalue weighted by Crippen LogP contribution is -2.36. The first-order chi connectivity index (χ1) is 7.79. The molecule has 2 unspecified atom stereocenters. The molecule has 94 valence electrons. The molecule has 2 rings (SSSR count). The third kappa shape index (κ3) is 3.19. The second-order valence-electron chi connectivity index (χ2n) is 5.63. The molecule has 0 aromatic carbocycles. The first kappa shape index (κ1) is 12.3. The largest absolute Gasteiger partial charge is 0.330 e. The van der Waals surface area contributed by atoms with E-state index in [1.165, 1.54) is 58.4 Å². The molecule has 0 aromatic rings. The van der Waals surface area contributed by atoms with Crippen LogP contribution in [-0.4, -0.2) is 55.1 Å². The van der Waals surface area contributed by atoms with Gasteiger partial charge >= 0.3 is 0 Å². The summed E-state index contributed by atoms with van der Waals surface area (Å²) in [7, 11) is 0. The van der Waals surface area contributed by atoms with Gasteiger partial charge in [-0.1, -0.05) is 6.92 Å². The van der Waals surface area contributed by atoms with E-state index in [2.05, 4.69) is 16.7 Å². The Hall–Kier alpha value is -0.120. The van der Waals surface area contributed by atoms with E-state index in [9.17, 15) is 0 Å². The highest BCUT2D eigenvalue weighted by atomic mass is 15.3. The minimum Gasteiger partial charge on any atom is -0.330 e. The van der Waals surface area contributed by atoms with E-state index in [0.29, 0.717) is 0 Å². The molecule has 0 spiro atoms. The van der Waals surface area contributed by atoms with E-state index in [1.807, 2.05) is 0 Å². The maximum Gasteiger partial charge on any atom is 0.0235 e. The second-order valence-corrected chi connectivity index (χ2v) is 5.63. The van der Waals surface area contributed by atoms with Gasteiger partial charge in [0, 0.05) is 19.1 Å². The van der Waals surface area contributed by atoms with Crippen LogP contribution < -0.4 is 5.73 Å². The van der Waals surface area contributed by atoms with Crippen molar-refractivity contribution in [3.05, 3.63) is 0 Å². The highest BCUT2D eigenvalue weighted by molar-refractivity contribution is 4.86. The van der Waals surface area contributed by atoms with Crippen LogP contribution >= 0.6 is 0 Å². The van der Waals surface area contributed by atoms with Crippen molar-refractivity contribution in [2.24, 2.45) is 11.7 Å². The molecule has 3 heteroatoms. The third-order valence-corrected chi connectivity index (χ3v) is 4.13. The van der Waals surface area contributed by atoms with Gasteiger partial charge < -0.3 is 10.6 Å². The fourth-order valence-electron chi connectivity index (χ4n) is 3.20. The number of hydrogen-bond acceptors (Lipinski definition) is 3. The van der Waals surface area contributed by atoms with Crippen LogP contribution in [0.1, 0.15) is 32.6 Å². The monoisotopic (exact) mass is 225 g/mol. The lowest BCUT2D eigenvalue weighted by atomic mass is 10.1. The molecule has 2 atom stereocenters. The standard InChI is InChI=1S/C13H27N3/c1-12(4-6-14)10-15-9-5-13(11-15)16-7-2-3-8-16/h12-13H,2-11,14H2,1H3. The highest BCUT2D eigenvalue weighted by Crippen LogP contribution is 2.21. The SMILES string of the molecule is CC(CCN)CN1CCC(N2CCCC2)C1. The van der Waals surface area contributed by atoms with Gasteiger partial charge in [-0.15, -0.1) is 0 Å². The Morgan fingerprint density at radius 2 is 2.00 bits per heavy atom. The van der Waals surface area contributed by atoms with Crippen molar-refractivity contribution in [2.45, 2.75) is 38.6 Å². The average Bonchev–Trinajstić information content (AvgIpc) is 2.86. The zero-order chi connectivity index (χ0) is 11.4. The summed E-state index contributed by atoms with van der Waals surface area (Å²) in [6.07, 6.45) is 5.39. The highest BCUT2D eigenvalue weighted by Gasteiger charge is 2.29. The molecule has 2 saturated heterocycles. The molecule has 2 aliphatic rings. The van der Waals surface area contributed by atoms with E-state index in [4.69, 9.17) is 5.73 Å². The summed E-state index contributed by atoms with van der Waals surface area (Å²) in [5.74, 6) is 0.766. The number of rotatable bonds is 5.